The lowest BCUT2D eigenvalue weighted by Crippen LogP contribution is -2.23. The van der Waals surface area contributed by atoms with E-state index in [4.69, 9.17) is 11.6 Å². The van der Waals surface area contributed by atoms with Crippen molar-refractivity contribution < 1.29 is 4.39 Å². The van der Waals surface area contributed by atoms with Gasteiger partial charge in [0.25, 0.3) is 5.56 Å². The fourth-order valence-corrected chi connectivity index (χ4v) is 1.74. The largest absolute Gasteiger partial charge is 0.366 e. The molecule has 2 rings (SSSR count). The van der Waals surface area contributed by atoms with Crippen LogP contribution < -0.4 is 10.5 Å². The van der Waals surface area contributed by atoms with E-state index >= 15 is 0 Å². The number of rotatable bonds is 1. The molecule has 1 saturated heterocycles. The Hall–Kier alpha value is -1.10. The highest BCUT2D eigenvalue weighted by Crippen LogP contribution is 2.25. The van der Waals surface area contributed by atoms with Gasteiger partial charge < -0.3 is 4.90 Å². The summed E-state index contributed by atoms with van der Waals surface area (Å²) in [7, 11) is 0. The van der Waals surface area contributed by atoms with E-state index < -0.39 is 11.7 Å². The van der Waals surface area contributed by atoms with Gasteiger partial charge in [0.2, 0.25) is 0 Å². The molecule has 1 fully saturated rings. The lowest BCUT2D eigenvalue weighted by molar-refractivity contribution is 0.364. The number of H-pyrrole nitrogens is 1. The number of nitrogens with zero attached hydrogens (tertiary/aromatic N) is 2. The predicted molar refractivity (Wildman–Crippen MR) is 51.6 cm³/mol. The zero-order valence-corrected chi connectivity index (χ0v) is 8.09. The molecule has 0 aliphatic carbocycles. The molecule has 1 aliphatic rings. The molecule has 14 heavy (non-hydrogen) atoms. The summed E-state index contributed by atoms with van der Waals surface area (Å²) in [5.41, 5.74) is 0.0713. The summed E-state index contributed by atoms with van der Waals surface area (Å²) in [5, 5.41) is 5.92. The van der Waals surface area contributed by atoms with Crippen LogP contribution in [0.4, 0.5) is 10.1 Å². The van der Waals surface area contributed by atoms with Gasteiger partial charge in [-0.15, -0.1) is 0 Å². The number of nitrogens with one attached hydrogen (secondary N) is 1. The van der Waals surface area contributed by atoms with Gasteiger partial charge in [-0.2, -0.15) is 5.10 Å². The third kappa shape index (κ3) is 1.59. The Morgan fingerprint density at radius 2 is 2.50 bits per heavy atom. The summed E-state index contributed by atoms with van der Waals surface area (Å²) in [6.07, 6.45) is 1.08. The minimum Gasteiger partial charge on any atom is -0.366 e. The number of hydrogen-bond acceptors (Lipinski definition) is 3. The van der Waals surface area contributed by atoms with E-state index in [0.717, 1.165) is 0 Å². The van der Waals surface area contributed by atoms with Crippen LogP contribution >= 0.6 is 11.6 Å². The molecule has 0 radical (unpaired) electrons. The van der Waals surface area contributed by atoms with Crippen molar-refractivity contribution in [2.24, 2.45) is 0 Å². The Bertz CT molecular complexity index is 394. The molecule has 2 heterocycles. The van der Waals surface area contributed by atoms with Crippen molar-refractivity contribution in [1.82, 2.24) is 10.2 Å². The van der Waals surface area contributed by atoms with Gasteiger partial charge in [-0.05, 0) is 6.42 Å². The standard InChI is InChI=1S/C8H9ClFN3O/c9-7-6(3-11-12-8(7)14)13-2-1-5(10)4-13/h3,5H,1-2,4H2,(H,12,14)/t5-/m0/s1. The minimum atomic E-state index is -0.842. The van der Waals surface area contributed by atoms with Gasteiger partial charge in [0.15, 0.2) is 0 Å². The van der Waals surface area contributed by atoms with E-state index in [-0.39, 0.29) is 11.6 Å². The molecule has 1 aromatic heterocycles. The third-order valence-corrected chi connectivity index (χ3v) is 2.61. The van der Waals surface area contributed by atoms with Crippen LogP contribution in [-0.4, -0.2) is 29.5 Å². The zero-order chi connectivity index (χ0) is 10.1. The van der Waals surface area contributed by atoms with Gasteiger partial charge in [-0.3, -0.25) is 4.79 Å². The number of aromatic amines is 1. The van der Waals surface area contributed by atoms with Crippen LogP contribution in [-0.2, 0) is 0 Å². The molecule has 0 unspecified atom stereocenters. The Morgan fingerprint density at radius 3 is 3.14 bits per heavy atom. The van der Waals surface area contributed by atoms with Crippen molar-refractivity contribution in [2.75, 3.05) is 18.0 Å². The number of aromatic nitrogens is 2. The first kappa shape index (κ1) is 9.45. The van der Waals surface area contributed by atoms with Crippen molar-refractivity contribution >= 4 is 17.3 Å². The van der Waals surface area contributed by atoms with Crippen LogP contribution in [0.1, 0.15) is 6.42 Å². The molecule has 0 aromatic carbocycles. The maximum atomic E-state index is 12.9. The van der Waals surface area contributed by atoms with Gasteiger partial charge >= 0.3 is 0 Å². The highest BCUT2D eigenvalue weighted by atomic mass is 35.5. The maximum absolute atomic E-state index is 12.9. The Kier molecular flexibility index (Phi) is 2.41. The second-order valence-corrected chi connectivity index (χ2v) is 3.61. The van der Waals surface area contributed by atoms with E-state index in [0.29, 0.717) is 18.7 Å². The van der Waals surface area contributed by atoms with Crippen molar-refractivity contribution in [3.05, 3.63) is 21.6 Å². The molecule has 1 N–H and O–H groups in total. The second-order valence-electron chi connectivity index (χ2n) is 3.23. The number of hydrogen-bond donors (Lipinski definition) is 1. The molecule has 1 aromatic rings. The van der Waals surface area contributed by atoms with E-state index in [1.54, 1.807) is 4.90 Å². The summed E-state index contributed by atoms with van der Waals surface area (Å²) in [6.45, 7) is 0.858. The first-order valence-electron chi connectivity index (χ1n) is 4.30. The topological polar surface area (TPSA) is 49.0 Å². The average molecular weight is 218 g/mol. The Balaban J connectivity index is 2.33. The molecule has 1 atom stereocenters. The van der Waals surface area contributed by atoms with Gasteiger partial charge in [0, 0.05) is 13.1 Å². The van der Waals surface area contributed by atoms with Gasteiger partial charge in [0.05, 0.1) is 11.9 Å². The number of anilines is 1. The number of alkyl halides is 1. The monoisotopic (exact) mass is 217 g/mol. The molecule has 76 valence electrons. The van der Waals surface area contributed by atoms with E-state index in [2.05, 4.69) is 10.2 Å². The summed E-state index contributed by atoms with van der Waals surface area (Å²) >= 11 is 5.77. The molecular formula is C8H9ClFN3O. The summed E-state index contributed by atoms with van der Waals surface area (Å²) in [6, 6.07) is 0. The molecule has 4 nitrogen and oxygen atoms in total. The van der Waals surface area contributed by atoms with Gasteiger partial charge in [-0.25, -0.2) is 9.49 Å². The minimum absolute atomic E-state index is 0.0779. The van der Waals surface area contributed by atoms with Crippen LogP contribution in [0.2, 0.25) is 5.02 Å². The lowest BCUT2D eigenvalue weighted by atomic mass is 10.3. The summed E-state index contributed by atoms with van der Waals surface area (Å²) < 4.78 is 12.9. The van der Waals surface area contributed by atoms with E-state index in [1.807, 2.05) is 0 Å². The van der Waals surface area contributed by atoms with Crippen LogP contribution in [0.25, 0.3) is 0 Å². The van der Waals surface area contributed by atoms with E-state index in [9.17, 15) is 9.18 Å². The van der Waals surface area contributed by atoms with Crippen LogP contribution in [0.3, 0.4) is 0 Å². The Labute approximate surface area is 84.7 Å². The highest BCUT2D eigenvalue weighted by molar-refractivity contribution is 6.33. The van der Waals surface area contributed by atoms with Crippen LogP contribution in [0, 0.1) is 0 Å². The van der Waals surface area contributed by atoms with Crippen molar-refractivity contribution in [3.8, 4) is 0 Å². The van der Waals surface area contributed by atoms with E-state index in [1.165, 1.54) is 6.20 Å². The quantitative estimate of drug-likeness (QED) is 0.763. The first-order valence-corrected chi connectivity index (χ1v) is 4.68. The van der Waals surface area contributed by atoms with Crippen LogP contribution in [0.15, 0.2) is 11.0 Å². The maximum Gasteiger partial charge on any atom is 0.285 e. The molecule has 6 heteroatoms. The fourth-order valence-electron chi connectivity index (χ4n) is 1.53. The second kappa shape index (κ2) is 3.57. The SMILES string of the molecule is O=c1[nH]ncc(N2CC[C@H](F)C2)c1Cl. The molecule has 1 aliphatic heterocycles. The first-order chi connectivity index (χ1) is 6.68. The fraction of sp³-hybridized carbons (Fsp3) is 0.500. The summed E-state index contributed by atoms with van der Waals surface area (Å²) in [4.78, 5) is 12.8. The smallest absolute Gasteiger partial charge is 0.285 e. The molecular weight excluding hydrogens is 209 g/mol. The van der Waals surface area contributed by atoms with Gasteiger partial charge in [-0.1, -0.05) is 11.6 Å². The molecule has 0 bridgehead atoms. The molecule has 0 saturated carbocycles. The third-order valence-electron chi connectivity index (χ3n) is 2.25. The molecule has 0 amide bonds. The normalized spacial score (nSPS) is 21.6. The lowest BCUT2D eigenvalue weighted by Gasteiger charge is -2.17. The van der Waals surface area contributed by atoms with Crippen molar-refractivity contribution in [1.29, 1.82) is 0 Å². The average Bonchev–Trinajstić information content (AvgIpc) is 2.57. The van der Waals surface area contributed by atoms with Gasteiger partial charge in [0.1, 0.15) is 11.2 Å². The predicted octanol–water partition coefficient (Wildman–Crippen LogP) is 0.972. The highest BCUT2D eigenvalue weighted by Gasteiger charge is 2.24. The van der Waals surface area contributed by atoms with Crippen molar-refractivity contribution in [2.45, 2.75) is 12.6 Å². The van der Waals surface area contributed by atoms with Crippen LogP contribution in [0.5, 0.6) is 0 Å². The zero-order valence-electron chi connectivity index (χ0n) is 7.33. The molecule has 0 spiro atoms. The summed E-state index contributed by atoms with van der Waals surface area (Å²) in [5.74, 6) is 0. The number of halogens is 2. The van der Waals surface area contributed by atoms with Crippen molar-refractivity contribution in [3.63, 3.8) is 0 Å². The Morgan fingerprint density at radius 1 is 1.71 bits per heavy atom.